The Labute approximate surface area is 220 Å². The molecule has 0 aliphatic carbocycles. The molecule has 4 aromatic rings. The van der Waals surface area contributed by atoms with E-state index in [4.69, 9.17) is 9.47 Å². The Morgan fingerprint density at radius 3 is 1.37 bits per heavy atom. The summed E-state index contributed by atoms with van der Waals surface area (Å²) in [5, 5.41) is 8.03. The minimum absolute atomic E-state index is 0.322. The Balaban J connectivity index is 1.32. The van der Waals surface area contributed by atoms with Crippen LogP contribution in [-0.4, -0.2) is 38.5 Å². The van der Waals surface area contributed by atoms with Gasteiger partial charge in [0.2, 0.25) is 0 Å². The first-order chi connectivity index (χ1) is 18.6. The van der Waals surface area contributed by atoms with Crippen LogP contribution in [0.2, 0.25) is 0 Å². The van der Waals surface area contributed by atoms with Gasteiger partial charge in [-0.2, -0.15) is 10.2 Å². The third-order valence-corrected chi connectivity index (χ3v) is 5.57. The zero-order valence-electron chi connectivity index (χ0n) is 20.9. The van der Waals surface area contributed by atoms with Gasteiger partial charge in [0, 0.05) is 11.1 Å². The lowest BCUT2D eigenvalue weighted by molar-refractivity contribution is 0.0947. The number of ether oxygens (including phenoxy) is 2. The smallest absolute Gasteiger partial charge is 0.271 e. The van der Waals surface area contributed by atoms with E-state index in [0.29, 0.717) is 22.6 Å². The van der Waals surface area contributed by atoms with Crippen LogP contribution >= 0.6 is 0 Å². The third kappa shape index (κ3) is 6.92. The summed E-state index contributed by atoms with van der Waals surface area (Å²) in [7, 11) is 3.18. The zero-order valence-corrected chi connectivity index (χ0v) is 20.9. The van der Waals surface area contributed by atoms with E-state index >= 15 is 0 Å². The lowest BCUT2D eigenvalue weighted by Crippen LogP contribution is -2.17. The molecule has 8 nitrogen and oxygen atoms in total. The first kappa shape index (κ1) is 25.8. The SMILES string of the molecule is COc1cccc(/C=N/NC(=O)c2ccc(-c3ccc(C(=O)N/N=C/c4cccc(OC)c4)cc3)cc2)c1. The molecule has 0 spiro atoms. The predicted molar refractivity (Wildman–Crippen MR) is 148 cm³/mol. The maximum absolute atomic E-state index is 12.4. The highest BCUT2D eigenvalue weighted by molar-refractivity contribution is 5.96. The number of amides is 2. The van der Waals surface area contributed by atoms with Crippen LogP contribution in [0.25, 0.3) is 11.1 Å². The zero-order chi connectivity index (χ0) is 26.7. The van der Waals surface area contributed by atoms with Crippen LogP contribution in [0.4, 0.5) is 0 Å². The molecule has 0 saturated heterocycles. The van der Waals surface area contributed by atoms with Crippen molar-refractivity contribution in [3.05, 3.63) is 119 Å². The van der Waals surface area contributed by atoms with Gasteiger partial charge in [0.25, 0.3) is 11.8 Å². The second-order valence-electron chi connectivity index (χ2n) is 8.11. The molecule has 190 valence electrons. The number of benzene rings is 4. The summed E-state index contributed by atoms with van der Waals surface area (Å²) in [5.74, 6) is 0.777. The maximum atomic E-state index is 12.4. The summed E-state index contributed by atoms with van der Waals surface area (Å²) < 4.78 is 10.4. The molecule has 0 aliphatic heterocycles. The second-order valence-corrected chi connectivity index (χ2v) is 8.11. The van der Waals surface area contributed by atoms with E-state index in [1.54, 1.807) is 50.9 Å². The molecule has 0 fully saturated rings. The minimum Gasteiger partial charge on any atom is -0.497 e. The molecular weight excluding hydrogens is 480 g/mol. The van der Waals surface area contributed by atoms with Gasteiger partial charge in [0.05, 0.1) is 26.6 Å². The fourth-order valence-electron chi connectivity index (χ4n) is 3.53. The third-order valence-electron chi connectivity index (χ3n) is 5.57. The van der Waals surface area contributed by atoms with E-state index in [2.05, 4.69) is 21.1 Å². The van der Waals surface area contributed by atoms with Gasteiger partial charge in [-0.1, -0.05) is 48.5 Å². The second kappa shape index (κ2) is 12.6. The maximum Gasteiger partial charge on any atom is 0.271 e. The van der Waals surface area contributed by atoms with Gasteiger partial charge < -0.3 is 9.47 Å². The number of carbonyl (C=O) groups is 2. The molecular formula is C30H26N4O4. The first-order valence-corrected chi connectivity index (χ1v) is 11.7. The molecule has 0 atom stereocenters. The fourth-order valence-corrected chi connectivity index (χ4v) is 3.53. The van der Waals surface area contributed by atoms with E-state index in [9.17, 15) is 9.59 Å². The number of hydrazone groups is 2. The number of carbonyl (C=O) groups excluding carboxylic acids is 2. The van der Waals surface area contributed by atoms with Crippen LogP contribution in [0, 0.1) is 0 Å². The lowest BCUT2D eigenvalue weighted by atomic mass is 10.0. The van der Waals surface area contributed by atoms with Crippen molar-refractivity contribution in [3.63, 3.8) is 0 Å². The number of methoxy groups -OCH3 is 2. The lowest BCUT2D eigenvalue weighted by Gasteiger charge is -2.06. The molecule has 0 radical (unpaired) electrons. The van der Waals surface area contributed by atoms with Crippen molar-refractivity contribution in [2.75, 3.05) is 14.2 Å². The van der Waals surface area contributed by atoms with Crippen LogP contribution in [-0.2, 0) is 0 Å². The molecule has 0 bridgehead atoms. The summed E-state index contributed by atoms with van der Waals surface area (Å²) in [6, 6.07) is 29.0. The Bertz CT molecular complexity index is 1350. The minimum atomic E-state index is -0.322. The van der Waals surface area contributed by atoms with E-state index < -0.39 is 0 Å². The Hall–Kier alpha value is -5.24. The van der Waals surface area contributed by atoms with Gasteiger partial charge in [-0.3, -0.25) is 9.59 Å². The Morgan fingerprint density at radius 1 is 0.605 bits per heavy atom. The molecule has 0 saturated carbocycles. The van der Waals surface area contributed by atoms with Crippen molar-refractivity contribution in [2.24, 2.45) is 10.2 Å². The van der Waals surface area contributed by atoms with Crippen molar-refractivity contribution in [1.29, 1.82) is 0 Å². The average Bonchev–Trinajstić information content (AvgIpc) is 2.97. The van der Waals surface area contributed by atoms with E-state index in [-0.39, 0.29) is 11.8 Å². The van der Waals surface area contributed by atoms with Crippen molar-refractivity contribution in [2.45, 2.75) is 0 Å². The van der Waals surface area contributed by atoms with E-state index in [0.717, 1.165) is 22.3 Å². The standard InChI is InChI=1S/C30H26N4O4/c1-37-27-7-3-5-21(17-27)19-31-33-29(35)25-13-9-23(10-14-25)24-11-15-26(16-12-24)30(36)34-32-20-22-6-4-8-28(18-22)38-2/h3-20H,1-2H3,(H,33,35)(H,34,36)/b31-19+,32-20+. The van der Waals surface area contributed by atoms with Crippen molar-refractivity contribution in [3.8, 4) is 22.6 Å². The highest BCUT2D eigenvalue weighted by Crippen LogP contribution is 2.21. The summed E-state index contributed by atoms with van der Waals surface area (Å²) in [6.45, 7) is 0. The molecule has 2 amide bonds. The quantitative estimate of drug-likeness (QED) is 0.249. The number of rotatable bonds is 9. The van der Waals surface area contributed by atoms with Gasteiger partial charge in [-0.25, -0.2) is 10.9 Å². The first-order valence-electron chi connectivity index (χ1n) is 11.7. The van der Waals surface area contributed by atoms with Crippen LogP contribution in [0.1, 0.15) is 31.8 Å². The molecule has 4 aromatic carbocycles. The summed E-state index contributed by atoms with van der Waals surface area (Å²) in [6.07, 6.45) is 3.10. The van der Waals surface area contributed by atoms with E-state index in [1.165, 1.54) is 0 Å². The van der Waals surface area contributed by atoms with Crippen LogP contribution in [0.3, 0.4) is 0 Å². The van der Waals surface area contributed by atoms with Crippen LogP contribution in [0.5, 0.6) is 11.5 Å². The fraction of sp³-hybridized carbons (Fsp3) is 0.0667. The Kier molecular flexibility index (Phi) is 8.60. The molecule has 2 N–H and O–H groups in total. The predicted octanol–water partition coefficient (Wildman–Crippen LogP) is 4.90. The number of hydrogen-bond acceptors (Lipinski definition) is 6. The topological polar surface area (TPSA) is 101 Å². The van der Waals surface area contributed by atoms with Gasteiger partial charge in [-0.15, -0.1) is 0 Å². The number of nitrogens with zero attached hydrogens (tertiary/aromatic N) is 2. The highest BCUT2D eigenvalue weighted by Gasteiger charge is 2.07. The number of nitrogens with one attached hydrogen (secondary N) is 2. The Morgan fingerprint density at radius 2 is 1.00 bits per heavy atom. The molecule has 8 heteroatoms. The molecule has 38 heavy (non-hydrogen) atoms. The molecule has 4 rings (SSSR count). The van der Waals surface area contributed by atoms with Gasteiger partial charge in [0.15, 0.2) is 0 Å². The monoisotopic (exact) mass is 506 g/mol. The van der Waals surface area contributed by atoms with Gasteiger partial charge in [0.1, 0.15) is 11.5 Å². The van der Waals surface area contributed by atoms with Crippen LogP contribution in [0.15, 0.2) is 107 Å². The van der Waals surface area contributed by atoms with E-state index in [1.807, 2.05) is 72.8 Å². The largest absolute Gasteiger partial charge is 0.497 e. The van der Waals surface area contributed by atoms with Crippen molar-refractivity contribution >= 4 is 24.2 Å². The van der Waals surface area contributed by atoms with Crippen molar-refractivity contribution < 1.29 is 19.1 Å². The molecule has 0 aliphatic rings. The van der Waals surface area contributed by atoms with Crippen LogP contribution < -0.4 is 20.3 Å². The number of hydrogen-bond donors (Lipinski definition) is 2. The summed E-state index contributed by atoms with van der Waals surface area (Å²) >= 11 is 0. The summed E-state index contributed by atoms with van der Waals surface area (Å²) in [4.78, 5) is 24.8. The average molecular weight is 507 g/mol. The van der Waals surface area contributed by atoms with Gasteiger partial charge in [-0.05, 0) is 70.8 Å². The molecule has 0 aromatic heterocycles. The normalized spacial score (nSPS) is 10.9. The molecule has 0 unspecified atom stereocenters. The molecule has 0 heterocycles. The van der Waals surface area contributed by atoms with Crippen molar-refractivity contribution in [1.82, 2.24) is 10.9 Å². The van der Waals surface area contributed by atoms with Gasteiger partial charge >= 0.3 is 0 Å². The summed E-state index contributed by atoms with van der Waals surface area (Å²) in [5.41, 5.74) is 9.42. The highest BCUT2D eigenvalue weighted by atomic mass is 16.5.